The first-order valence-electron chi connectivity index (χ1n) is 0.894. The quantitative estimate of drug-likeness (QED) is 0.294. The summed E-state index contributed by atoms with van der Waals surface area (Å²) in [6.07, 6.45) is 0. The number of rotatable bonds is 0. The van der Waals surface area contributed by atoms with Gasteiger partial charge >= 0.3 is 66.6 Å². The second-order valence-corrected chi connectivity index (χ2v) is 1.80. The number of hydrogen-bond acceptors (Lipinski definition) is 4. The van der Waals surface area contributed by atoms with Gasteiger partial charge in [-0.2, -0.15) is 0 Å². The predicted octanol–water partition coefficient (Wildman–Crippen LogP) is -5.90. The van der Waals surface area contributed by atoms with Crippen molar-refractivity contribution in [3.8, 4) is 0 Å². The van der Waals surface area contributed by atoms with E-state index in [9.17, 15) is 0 Å². The zero-order valence-corrected chi connectivity index (χ0v) is 6.95. The zero-order valence-electron chi connectivity index (χ0n) is 2.74. The van der Waals surface area contributed by atoms with E-state index in [-0.39, 0.29) is 97.3 Å². The standard InChI is InChI=1S/Al.Ca.Ga.H4O4Si.Ta.8H/c;;;1-5(2,3)4;;;;;;;;;/h;;;1-4H;;;;;;;;;. The molecular formula is H12AlCaGaO4SiTa. The molecule has 0 bridgehead atoms. The van der Waals surface area contributed by atoms with Crippen molar-refractivity contribution in [2.75, 3.05) is 0 Å². The van der Waals surface area contributed by atoms with Crippen LogP contribution in [0.5, 0.6) is 0 Å². The second-order valence-electron chi connectivity index (χ2n) is 0.600. The zero-order chi connectivity index (χ0) is 4.50. The van der Waals surface area contributed by atoms with Crippen LogP contribution in [-0.2, 0) is 22.4 Å². The molecular weight excluding hydrogens is 410 g/mol. The van der Waals surface area contributed by atoms with E-state index < -0.39 is 9.05 Å². The summed E-state index contributed by atoms with van der Waals surface area (Å²) in [6.45, 7) is 0. The molecule has 0 aromatic heterocycles. The summed E-state index contributed by atoms with van der Waals surface area (Å²) in [5.41, 5.74) is 0. The van der Waals surface area contributed by atoms with Gasteiger partial charge in [-0.3, -0.25) is 0 Å². The number of hydrogen-bond donors (Lipinski definition) is 4. The van der Waals surface area contributed by atoms with Crippen LogP contribution in [0.4, 0.5) is 0 Å². The van der Waals surface area contributed by atoms with Crippen molar-refractivity contribution in [2.45, 2.75) is 0 Å². The Morgan fingerprint density at radius 2 is 0.889 bits per heavy atom. The van der Waals surface area contributed by atoms with Gasteiger partial charge in [0.15, 0.2) is 17.4 Å². The van der Waals surface area contributed by atoms with Gasteiger partial charge in [0.2, 0.25) is 0 Å². The molecule has 0 aliphatic heterocycles. The summed E-state index contributed by atoms with van der Waals surface area (Å²) in [6, 6.07) is 0. The Kier molecular flexibility index (Phi) is 45.2. The third-order valence-corrected chi connectivity index (χ3v) is 0. The maximum absolute atomic E-state index is 7.33. The Labute approximate surface area is 123 Å². The van der Waals surface area contributed by atoms with E-state index in [1.165, 1.54) is 0 Å². The van der Waals surface area contributed by atoms with Gasteiger partial charge in [0, 0.05) is 22.4 Å². The molecule has 4 N–H and O–H groups in total. The van der Waals surface area contributed by atoms with Crippen LogP contribution in [0.1, 0.15) is 0 Å². The third-order valence-electron chi connectivity index (χ3n) is 0. The molecule has 0 aliphatic rings. The average Bonchev–Trinajstić information content (AvgIpc) is 0.722. The van der Waals surface area contributed by atoms with Crippen molar-refractivity contribution in [2.24, 2.45) is 0 Å². The van der Waals surface area contributed by atoms with Crippen molar-refractivity contribution >= 4 is 83.9 Å². The van der Waals surface area contributed by atoms with Gasteiger partial charge in [0.1, 0.15) is 0 Å². The molecule has 0 spiro atoms. The van der Waals surface area contributed by atoms with Crippen molar-refractivity contribution in [1.82, 2.24) is 0 Å². The van der Waals surface area contributed by atoms with Gasteiger partial charge < -0.3 is 19.2 Å². The molecule has 0 atom stereocenters. The Balaban J connectivity index is -0.0000000133. The first-order valence-corrected chi connectivity index (χ1v) is 2.68. The first-order chi connectivity index (χ1) is 2.00. The van der Waals surface area contributed by atoms with Crippen LogP contribution in [0.25, 0.3) is 0 Å². The smallest absolute Gasteiger partial charge is 0 e. The van der Waals surface area contributed by atoms with E-state index in [2.05, 4.69) is 0 Å². The van der Waals surface area contributed by atoms with Crippen LogP contribution in [0, 0.1) is 0 Å². The van der Waals surface area contributed by atoms with Crippen molar-refractivity contribution in [1.29, 1.82) is 0 Å². The van der Waals surface area contributed by atoms with E-state index in [0.717, 1.165) is 0 Å². The van der Waals surface area contributed by atoms with Crippen LogP contribution in [0.3, 0.4) is 0 Å². The summed E-state index contributed by atoms with van der Waals surface area (Å²) in [4.78, 5) is 29.3. The molecule has 0 aromatic rings. The molecule has 0 aliphatic carbocycles. The Morgan fingerprint density at radius 1 is 0.889 bits per heavy atom. The molecule has 0 aromatic carbocycles. The second kappa shape index (κ2) is 13.8. The van der Waals surface area contributed by atoms with E-state index in [4.69, 9.17) is 19.2 Å². The first kappa shape index (κ1) is 29.5. The monoisotopic (exact) mass is 421 g/mol. The molecule has 0 amide bonds. The molecule has 4 nitrogen and oxygen atoms in total. The van der Waals surface area contributed by atoms with Gasteiger partial charge in [-0.15, -0.1) is 0 Å². The average molecular weight is 422 g/mol. The maximum atomic E-state index is 7.33. The Morgan fingerprint density at radius 3 is 0.889 bits per heavy atom. The SMILES string of the molecule is O[Si](O)(O)O.[AlH3].[CaH2].[GaH3].[Ta]. The molecule has 0 rings (SSSR count). The van der Waals surface area contributed by atoms with Crippen LogP contribution in [0.15, 0.2) is 0 Å². The summed E-state index contributed by atoms with van der Waals surface area (Å²) >= 11 is 0. The topological polar surface area (TPSA) is 80.9 Å². The maximum Gasteiger partial charge on any atom is 0 e. The van der Waals surface area contributed by atoms with Gasteiger partial charge in [-0.05, 0) is 0 Å². The minimum absolute atomic E-state index is 0. The predicted molar refractivity (Wildman–Crippen MR) is 43.1 cm³/mol. The van der Waals surface area contributed by atoms with E-state index in [0.29, 0.717) is 0 Å². The molecule has 0 unspecified atom stereocenters. The van der Waals surface area contributed by atoms with Crippen molar-refractivity contribution < 1.29 is 41.6 Å². The van der Waals surface area contributed by atoms with E-state index in [1.807, 2.05) is 0 Å². The minimum atomic E-state index is -4.61. The fourth-order valence-electron chi connectivity index (χ4n) is 0. The molecule has 9 heteroatoms. The normalized spacial score (nSPS) is 6.67. The van der Waals surface area contributed by atoms with Crippen molar-refractivity contribution in [3.05, 3.63) is 0 Å². The van der Waals surface area contributed by atoms with Crippen LogP contribution < -0.4 is 0 Å². The summed E-state index contributed by atoms with van der Waals surface area (Å²) in [5, 5.41) is 0. The van der Waals surface area contributed by atoms with E-state index in [1.54, 1.807) is 0 Å². The minimum Gasteiger partial charge on any atom is 0 e. The molecule has 9 heavy (non-hydrogen) atoms. The van der Waals surface area contributed by atoms with Crippen LogP contribution in [-0.4, -0.2) is 103 Å². The van der Waals surface area contributed by atoms with Crippen LogP contribution in [0.2, 0.25) is 0 Å². The molecule has 0 saturated heterocycles. The molecule has 0 fully saturated rings. The Hall–Kier alpha value is 3.23. The van der Waals surface area contributed by atoms with Crippen molar-refractivity contribution in [3.63, 3.8) is 0 Å². The van der Waals surface area contributed by atoms with Gasteiger partial charge in [-0.1, -0.05) is 0 Å². The molecule has 0 saturated carbocycles. The Bertz CT molecular complexity index is 36.0. The molecule has 53 valence electrons. The molecule has 0 heterocycles. The summed E-state index contributed by atoms with van der Waals surface area (Å²) in [5.74, 6) is 0. The largest absolute Gasteiger partial charge is 0 e. The van der Waals surface area contributed by atoms with Crippen LogP contribution >= 0.6 is 0 Å². The third kappa shape index (κ3) is 91.8. The van der Waals surface area contributed by atoms with Gasteiger partial charge in [0.05, 0.1) is 0 Å². The molecule has 1 radical (unpaired) electrons. The summed E-state index contributed by atoms with van der Waals surface area (Å²) < 4.78 is 0. The fourth-order valence-corrected chi connectivity index (χ4v) is 0. The van der Waals surface area contributed by atoms with E-state index >= 15 is 0 Å². The van der Waals surface area contributed by atoms with Gasteiger partial charge in [0.25, 0.3) is 0 Å². The fraction of sp³-hybridized carbons (Fsp3) is 0. The van der Waals surface area contributed by atoms with Gasteiger partial charge in [-0.25, -0.2) is 0 Å². The summed E-state index contributed by atoms with van der Waals surface area (Å²) in [7, 11) is -4.61.